The summed E-state index contributed by atoms with van der Waals surface area (Å²) in [4.78, 5) is 13.5. The number of anilines is 1. The Labute approximate surface area is 250 Å². The Morgan fingerprint density at radius 1 is 1.10 bits per heavy atom. The molecule has 0 spiro atoms. The number of nitrogens with one attached hydrogen (secondary N) is 1. The van der Waals surface area contributed by atoms with Crippen LogP contribution in [0.15, 0.2) is 59.5 Å². The van der Waals surface area contributed by atoms with E-state index in [1.807, 2.05) is 0 Å². The SMILES string of the molecule is COC1CN(S(=O)(=O)Nc2cccc(S(=O)(=O)n3c(-c4ccccc4F)cc(CN(C)C(=O)OC(C)(C)C)c3Cl)c2)C1. The Bertz CT molecular complexity index is 1700. The van der Waals surface area contributed by atoms with Gasteiger partial charge in [-0.1, -0.05) is 29.8 Å². The largest absolute Gasteiger partial charge is 0.444 e. The van der Waals surface area contributed by atoms with E-state index in [4.69, 9.17) is 21.1 Å². The number of amides is 1. The minimum atomic E-state index is -4.52. The summed E-state index contributed by atoms with van der Waals surface area (Å²) in [6, 6.07) is 12.2. The Morgan fingerprint density at radius 2 is 1.76 bits per heavy atom. The van der Waals surface area contributed by atoms with Crippen LogP contribution in [0.5, 0.6) is 0 Å². The van der Waals surface area contributed by atoms with Crippen molar-refractivity contribution in [3.63, 3.8) is 0 Å². The second kappa shape index (κ2) is 11.8. The Hall–Kier alpha value is -3.17. The van der Waals surface area contributed by atoms with Gasteiger partial charge in [-0.15, -0.1) is 0 Å². The maximum Gasteiger partial charge on any atom is 0.410 e. The van der Waals surface area contributed by atoms with E-state index in [-0.39, 0.29) is 58.3 Å². The molecule has 0 unspecified atom stereocenters. The molecule has 1 aromatic heterocycles. The average molecular weight is 643 g/mol. The number of carbonyl (C=O) groups excluding carboxylic acids is 1. The first-order chi connectivity index (χ1) is 19.5. The molecule has 42 heavy (non-hydrogen) atoms. The van der Waals surface area contributed by atoms with Gasteiger partial charge < -0.3 is 14.4 Å². The van der Waals surface area contributed by atoms with Crippen molar-refractivity contribution in [3.8, 4) is 11.3 Å². The van der Waals surface area contributed by atoms with E-state index in [2.05, 4.69) is 4.72 Å². The molecule has 11 nitrogen and oxygen atoms in total. The van der Waals surface area contributed by atoms with E-state index in [9.17, 15) is 26.0 Å². The maximum atomic E-state index is 15.0. The average Bonchev–Trinajstić information content (AvgIpc) is 3.18. The lowest BCUT2D eigenvalue weighted by atomic mass is 10.1. The van der Waals surface area contributed by atoms with Crippen molar-refractivity contribution in [1.82, 2.24) is 13.2 Å². The number of hydrogen-bond donors (Lipinski definition) is 1. The van der Waals surface area contributed by atoms with Crippen LogP contribution in [0.2, 0.25) is 5.15 Å². The molecule has 0 atom stereocenters. The summed E-state index contributed by atoms with van der Waals surface area (Å²) in [5, 5.41) is -0.277. The van der Waals surface area contributed by atoms with Gasteiger partial charge in [-0.25, -0.2) is 21.6 Å². The summed E-state index contributed by atoms with van der Waals surface area (Å²) in [5.41, 5.74) is -0.678. The summed E-state index contributed by atoms with van der Waals surface area (Å²) in [6.45, 7) is 5.30. The third kappa shape index (κ3) is 6.73. The molecule has 0 saturated carbocycles. The van der Waals surface area contributed by atoms with Crippen LogP contribution in [0.1, 0.15) is 26.3 Å². The number of benzene rings is 2. The summed E-state index contributed by atoms with van der Waals surface area (Å²) < 4.78 is 83.3. The minimum Gasteiger partial charge on any atom is -0.444 e. The number of ether oxygens (including phenoxy) is 2. The predicted octanol–water partition coefficient (Wildman–Crippen LogP) is 4.54. The minimum absolute atomic E-state index is 0.00227. The number of nitrogens with zero attached hydrogens (tertiary/aromatic N) is 3. The van der Waals surface area contributed by atoms with Gasteiger partial charge in [0.2, 0.25) is 0 Å². The number of methoxy groups -OCH3 is 1. The second-order valence-corrected chi connectivity index (χ2v) is 14.6. The number of rotatable bonds is 9. The van der Waals surface area contributed by atoms with Crippen molar-refractivity contribution in [3.05, 3.63) is 71.1 Å². The van der Waals surface area contributed by atoms with Crippen LogP contribution in [-0.2, 0) is 36.3 Å². The smallest absolute Gasteiger partial charge is 0.410 e. The summed E-state index contributed by atoms with van der Waals surface area (Å²) >= 11 is 6.64. The molecular formula is C27H32ClFN4O7S2. The van der Waals surface area contributed by atoms with Crippen molar-refractivity contribution < 1.29 is 35.5 Å². The highest BCUT2D eigenvalue weighted by Crippen LogP contribution is 2.36. The van der Waals surface area contributed by atoms with Crippen LogP contribution in [0.25, 0.3) is 11.3 Å². The normalized spacial score (nSPS) is 14.8. The van der Waals surface area contributed by atoms with Gasteiger partial charge in [0.05, 0.1) is 28.9 Å². The van der Waals surface area contributed by atoms with Gasteiger partial charge in [0, 0.05) is 38.4 Å². The highest BCUT2D eigenvalue weighted by molar-refractivity contribution is 7.90. The number of halogens is 2. The molecule has 228 valence electrons. The Balaban J connectivity index is 1.74. The van der Waals surface area contributed by atoms with Crippen LogP contribution in [0, 0.1) is 5.82 Å². The van der Waals surface area contributed by atoms with Crippen molar-refractivity contribution >= 4 is 43.6 Å². The predicted molar refractivity (Wildman–Crippen MR) is 156 cm³/mol. The molecule has 0 aliphatic carbocycles. The fourth-order valence-electron chi connectivity index (χ4n) is 4.17. The van der Waals surface area contributed by atoms with Crippen molar-refractivity contribution in [2.24, 2.45) is 0 Å². The molecule has 1 aliphatic heterocycles. The van der Waals surface area contributed by atoms with Crippen LogP contribution in [-0.4, -0.2) is 75.1 Å². The van der Waals surface area contributed by atoms with Crippen LogP contribution >= 0.6 is 11.6 Å². The first-order valence-electron chi connectivity index (χ1n) is 12.8. The summed E-state index contributed by atoms with van der Waals surface area (Å²) in [5.74, 6) is -0.694. The molecule has 15 heteroatoms. The molecule has 2 aromatic carbocycles. The second-order valence-electron chi connectivity index (χ2n) is 10.7. The first kappa shape index (κ1) is 31.8. The van der Waals surface area contributed by atoms with Crippen LogP contribution in [0.4, 0.5) is 14.9 Å². The van der Waals surface area contributed by atoms with Gasteiger partial charge in [-0.05, 0) is 57.2 Å². The number of carbonyl (C=O) groups is 1. The van der Waals surface area contributed by atoms with Gasteiger partial charge in [0.25, 0.3) is 10.0 Å². The zero-order valence-electron chi connectivity index (χ0n) is 23.7. The van der Waals surface area contributed by atoms with E-state index in [0.717, 1.165) is 14.3 Å². The van der Waals surface area contributed by atoms with Gasteiger partial charge in [-0.3, -0.25) is 4.72 Å². The van der Waals surface area contributed by atoms with Gasteiger partial charge in [0.1, 0.15) is 16.6 Å². The third-order valence-corrected chi connectivity index (χ3v) is 10.0. The van der Waals surface area contributed by atoms with E-state index in [1.165, 1.54) is 61.5 Å². The van der Waals surface area contributed by atoms with Gasteiger partial charge >= 0.3 is 16.3 Å². The molecule has 1 amide bonds. The highest BCUT2D eigenvalue weighted by atomic mass is 35.5. The lowest BCUT2D eigenvalue weighted by molar-refractivity contribution is 0.0128. The van der Waals surface area contributed by atoms with Crippen molar-refractivity contribution in [2.75, 3.05) is 32.0 Å². The fraction of sp³-hybridized carbons (Fsp3) is 0.370. The molecule has 1 saturated heterocycles. The van der Waals surface area contributed by atoms with Crippen LogP contribution in [0.3, 0.4) is 0 Å². The van der Waals surface area contributed by atoms with Crippen molar-refractivity contribution in [2.45, 2.75) is 43.9 Å². The monoisotopic (exact) mass is 642 g/mol. The standard InChI is InChI=1S/C27H32ClFN4O7S2/c1-27(2,3)40-26(34)31(4)15-18-13-24(22-11-6-7-12-23(22)29)33(25(18)28)41(35,36)21-10-8-9-19(14-21)30-42(37,38)32-16-20(17-32)39-5/h6-14,20,30H,15-17H2,1-5H3. The first-order valence-corrected chi connectivity index (χ1v) is 16.0. The summed E-state index contributed by atoms with van der Waals surface area (Å²) in [7, 11) is -5.54. The zero-order chi connectivity index (χ0) is 31.0. The number of hydrogen-bond acceptors (Lipinski definition) is 7. The Kier molecular flexibility index (Phi) is 8.95. The molecule has 4 rings (SSSR count). The van der Waals surface area contributed by atoms with E-state index in [1.54, 1.807) is 26.8 Å². The lowest BCUT2D eigenvalue weighted by Gasteiger charge is -2.36. The third-order valence-electron chi connectivity index (χ3n) is 6.34. The molecule has 2 heterocycles. The van der Waals surface area contributed by atoms with E-state index in [0.29, 0.717) is 0 Å². The lowest BCUT2D eigenvalue weighted by Crippen LogP contribution is -2.55. The van der Waals surface area contributed by atoms with E-state index < -0.39 is 37.7 Å². The maximum absolute atomic E-state index is 15.0. The Morgan fingerprint density at radius 3 is 2.38 bits per heavy atom. The molecule has 1 N–H and O–H groups in total. The topological polar surface area (TPSA) is 127 Å². The molecule has 3 aromatic rings. The zero-order valence-corrected chi connectivity index (χ0v) is 26.1. The fourth-order valence-corrected chi connectivity index (χ4v) is 7.40. The number of aromatic nitrogens is 1. The van der Waals surface area contributed by atoms with E-state index >= 15 is 0 Å². The summed E-state index contributed by atoms with van der Waals surface area (Å²) in [6.07, 6.45) is -0.884. The molecule has 1 aliphatic rings. The van der Waals surface area contributed by atoms with Gasteiger partial charge in [-0.2, -0.15) is 12.7 Å². The molecule has 0 bridgehead atoms. The highest BCUT2D eigenvalue weighted by Gasteiger charge is 2.36. The van der Waals surface area contributed by atoms with Crippen molar-refractivity contribution in [1.29, 1.82) is 0 Å². The molecule has 1 fully saturated rings. The quantitative estimate of drug-likeness (QED) is 0.363. The van der Waals surface area contributed by atoms with Gasteiger partial charge in [0.15, 0.2) is 0 Å². The van der Waals surface area contributed by atoms with Crippen LogP contribution < -0.4 is 4.72 Å². The molecule has 0 radical (unpaired) electrons. The molecular weight excluding hydrogens is 611 g/mol.